The molecule has 0 saturated heterocycles. The van der Waals surface area contributed by atoms with Crippen LogP contribution in [0.1, 0.15) is 30.0 Å². The van der Waals surface area contributed by atoms with Gasteiger partial charge in [0.25, 0.3) is 0 Å². The number of aryl methyl sites for hydroxylation is 1. The summed E-state index contributed by atoms with van der Waals surface area (Å²) >= 11 is 0. The number of carbonyl (C=O) groups excluding carboxylic acids is 1. The summed E-state index contributed by atoms with van der Waals surface area (Å²) < 4.78 is 7.66. The Morgan fingerprint density at radius 1 is 1.33 bits per heavy atom. The van der Waals surface area contributed by atoms with Crippen LogP contribution in [0.15, 0.2) is 36.7 Å². The van der Waals surface area contributed by atoms with Crippen LogP contribution < -0.4 is 4.74 Å². The lowest BCUT2D eigenvalue weighted by Crippen LogP contribution is -2.05. The Hall–Kier alpha value is -2.10. The molecule has 1 aromatic carbocycles. The quantitative estimate of drug-likeness (QED) is 0.759. The summed E-state index contributed by atoms with van der Waals surface area (Å²) in [5.41, 5.74) is 0.692. The molecule has 0 spiro atoms. The molecule has 0 aliphatic heterocycles. The first-order valence-corrected chi connectivity index (χ1v) is 5.94. The van der Waals surface area contributed by atoms with Crippen LogP contribution in [0.3, 0.4) is 0 Å². The number of ether oxygens (including phenoxy) is 1. The van der Waals surface area contributed by atoms with Gasteiger partial charge < -0.3 is 9.30 Å². The SMILES string of the molecule is CCn1ccnc1COc1ccc(C(C)=O)cc1. The maximum absolute atomic E-state index is 11.1. The molecule has 4 nitrogen and oxygen atoms in total. The van der Waals surface area contributed by atoms with E-state index in [2.05, 4.69) is 11.9 Å². The van der Waals surface area contributed by atoms with Crippen LogP contribution in [-0.4, -0.2) is 15.3 Å². The van der Waals surface area contributed by atoms with Crippen molar-refractivity contribution in [3.8, 4) is 5.75 Å². The average Bonchev–Trinajstić information content (AvgIpc) is 2.84. The van der Waals surface area contributed by atoms with Gasteiger partial charge in [-0.15, -0.1) is 0 Å². The molecular formula is C14H16N2O2. The van der Waals surface area contributed by atoms with E-state index in [0.717, 1.165) is 18.1 Å². The fourth-order valence-electron chi connectivity index (χ4n) is 1.70. The molecule has 0 bridgehead atoms. The fourth-order valence-corrected chi connectivity index (χ4v) is 1.70. The summed E-state index contributed by atoms with van der Waals surface area (Å²) in [7, 11) is 0. The van der Waals surface area contributed by atoms with Gasteiger partial charge >= 0.3 is 0 Å². The third kappa shape index (κ3) is 2.77. The summed E-state index contributed by atoms with van der Waals surface area (Å²) in [6.07, 6.45) is 3.69. The number of benzene rings is 1. The molecule has 0 aliphatic rings. The molecule has 4 heteroatoms. The minimum atomic E-state index is 0.0584. The number of imidazole rings is 1. The number of ketones is 1. The van der Waals surface area contributed by atoms with Gasteiger partial charge in [0.15, 0.2) is 5.78 Å². The highest BCUT2D eigenvalue weighted by atomic mass is 16.5. The summed E-state index contributed by atoms with van der Waals surface area (Å²) in [4.78, 5) is 15.4. The smallest absolute Gasteiger partial charge is 0.159 e. The number of carbonyl (C=O) groups is 1. The highest BCUT2D eigenvalue weighted by molar-refractivity contribution is 5.94. The third-order valence-corrected chi connectivity index (χ3v) is 2.77. The second kappa shape index (κ2) is 5.49. The van der Waals surface area contributed by atoms with Crippen LogP contribution in [-0.2, 0) is 13.2 Å². The van der Waals surface area contributed by atoms with Gasteiger partial charge in [-0.25, -0.2) is 4.98 Å². The van der Waals surface area contributed by atoms with Crippen molar-refractivity contribution in [1.29, 1.82) is 0 Å². The Labute approximate surface area is 106 Å². The maximum Gasteiger partial charge on any atom is 0.159 e. The van der Waals surface area contributed by atoms with E-state index in [1.807, 2.05) is 10.8 Å². The van der Waals surface area contributed by atoms with Gasteiger partial charge in [0, 0.05) is 24.5 Å². The topological polar surface area (TPSA) is 44.1 Å². The van der Waals surface area contributed by atoms with E-state index in [1.165, 1.54) is 0 Å². The van der Waals surface area contributed by atoms with Crippen LogP contribution >= 0.6 is 0 Å². The molecule has 2 aromatic rings. The highest BCUT2D eigenvalue weighted by Crippen LogP contribution is 2.14. The normalized spacial score (nSPS) is 10.3. The Kier molecular flexibility index (Phi) is 3.77. The Morgan fingerprint density at radius 2 is 2.06 bits per heavy atom. The first kappa shape index (κ1) is 12.4. The molecule has 94 valence electrons. The summed E-state index contributed by atoms with van der Waals surface area (Å²) in [6, 6.07) is 7.14. The molecular weight excluding hydrogens is 228 g/mol. The lowest BCUT2D eigenvalue weighted by atomic mass is 10.1. The summed E-state index contributed by atoms with van der Waals surface area (Å²) in [5, 5.41) is 0. The molecule has 1 aromatic heterocycles. The molecule has 1 heterocycles. The number of hydrogen-bond acceptors (Lipinski definition) is 3. The molecule has 0 saturated carbocycles. The minimum Gasteiger partial charge on any atom is -0.486 e. The van der Waals surface area contributed by atoms with Crippen molar-refractivity contribution in [2.24, 2.45) is 0 Å². The van der Waals surface area contributed by atoms with Crippen LogP contribution in [0.25, 0.3) is 0 Å². The van der Waals surface area contributed by atoms with E-state index in [9.17, 15) is 4.79 Å². The van der Waals surface area contributed by atoms with Crippen LogP contribution in [0.2, 0.25) is 0 Å². The molecule has 0 atom stereocenters. The fraction of sp³-hybridized carbons (Fsp3) is 0.286. The second-order valence-corrected chi connectivity index (χ2v) is 4.00. The Balaban J connectivity index is 2.00. The van der Waals surface area contributed by atoms with Crippen molar-refractivity contribution in [3.63, 3.8) is 0 Å². The molecule has 0 N–H and O–H groups in total. The first-order chi connectivity index (χ1) is 8.70. The van der Waals surface area contributed by atoms with Gasteiger partial charge in [0.05, 0.1) is 0 Å². The van der Waals surface area contributed by atoms with Crippen molar-refractivity contribution in [2.45, 2.75) is 27.0 Å². The standard InChI is InChI=1S/C14H16N2O2/c1-3-16-9-8-15-14(16)10-18-13-6-4-12(5-7-13)11(2)17/h4-9H,3,10H2,1-2H3. The van der Waals surface area contributed by atoms with E-state index in [-0.39, 0.29) is 5.78 Å². The van der Waals surface area contributed by atoms with Gasteiger partial charge in [-0.1, -0.05) is 0 Å². The van der Waals surface area contributed by atoms with Gasteiger partial charge in [-0.2, -0.15) is 0 Å². The van der Waals surface area contributed by atoms with Crippen LogP contribution in [0, 0.1) is 0 Å². The minimum absolute atomic E-state index is 0.0584. The molecule has 0 radical (unpaired) electrons. The van der Waals surface area contributed by atoms with Gasteiger partial charge in [0.2, 0.25) is 0 Å². The molecule has 0 amide bonds. The number of hydrogen-bond donors (Lipinski definition) is 0. The van der Waals surface area contributed by atoms with Gasteiger partial charge in [0.1, 0.15) is 18.2 Å². The largest absolute Gasteiger partial charge is 0.486 e. The van der Waals surface area contributed by atoms with E-state index < -0.39 is 0 Å². The maximum atomic E-state index is 11.1. The van der Waals surface area contributed by atoms with Crippen molar-refractivity contribution in [3.05, 3.63) is 48.0 Å². The van der Waals surface area contributed by atoms with Gasteiger partial charge in [-0.3, -0.25) is 4.79 Å². The van der Waals surface area contributed by atoms with E-state index in [1.54, 1.807) is 37.4 Å². The third-order valence-electron chi connectivity index (χ3n) is 2.77. The number of aromatic nitrogens is 2. The predicted octanol–water partition coefficient (Wildman–Crippen LogP) is 2.68. The van der Waals surface area contributed by atoms with E-state index >= 15 is 0 Å². The molecule has 0 unspecified atom stereocenters. The van der Waals surface area contributed by atoms with E-state index in [0.29, 0.717) is 12.2 Å². The molecule has 0 fully saturated rings. The summed E-state index contributed by atoms with van der Waals surface area (Å²) in [6.45, 7) is 4.92. The molecule has 0 aliphatic carbocycles. The Morgan fingerprint density at radius 3 is 2.67 bits per heavy atom. The van der Waals surface area contributed by atoms with Crippen molar-refractivity contribution < 1.29 is 9.53 Å². The first-order valence-electron chi connectivity index (χ1n) is 5.94. The second-order valence-electron chi connectivity index (χ2n) is 4.00. The average molecular weight is 244 g/mol. The number of Topliss-reactive ketones (excluding diaryl/α,β-unsaturated/α-hetero) is 1. The van der Waals surface area contributed by atoms with Crippen LogP contribution in [0.5, 0.6) is 5.75 Å². The predicted molar refractivity (Wildman–Crippen MR) is 68.7 cm³/mol. The zero-order valence-corrected chi connectivity index (χ0v) is 10.6. The number of rotatable bonds is 5. The zero-order valence-electron chi connectivity index (χ0n) is 10.6. The van der Waals surface area contributed by atoms with Crippen molar-refractivity contribution >= 4 is 5.78 Å². The lowest BCUT2D eigenvalue weighted by Gasteiger charge is -2.07. The van der Waals surface area contributed by atoms with Crippen LogP contribution in [0.4, 0.5) is 0 Å². The van der Waals surface area contributed by atoms with E-state index in [4.69, 9.17) is 4.74 Å². The summed E-state index contributed by atoms with van der Waals surface area (Å²) in [5.74, 6) is 1.70. The zero-order chi connectivity index (χ0) is 13.0. The monoisotopic (exact) mass is 244 g/mol. The van der Waals surface area contributed by atoms with Crippen molar-refractivity contribution in [1.82, 2.24) is 9.55 Å². The van der Waals surface area contributed by atoms with Crippen molar-refractivity contribution in [2.75, 3.05) is 0 Å². The lowest BCUT2D eigenvalue weighted by molar-refractivity contribution is 0.101. The van der Waals surface area contributed by atoms with Gasteiger partial charge in [-0.05, 0) is 38.1 Å². The number of nitrogens with zero attached hydrogens (tertiary/aromatic N) is 2. The highest BCUT2D eigenvalue weighted by Gasteiger charge is 2.03. The molecule has 18 heavy (non-hydrogen) atoms. The Bertz CT molecular complexity index is 529. The molecule has 2 rings (SSSR count).